The van der Waals surface area contributed by atoms with Gasteiger partial charge in [0.2, 0.25) is 0 Å². The minimum atomic E-state index is -0.317. The van der Waals surface area contributed by atoms with Gasteiger partial charge in [-0.2, -0.15) is 0 Å². The van der Waals surface area contributed by atoms with E-state index in [1.807, 2.05) is 44.3 Å². The van der Waals surface area contributed by atoms with Crippen molar-refractivity contribution in [2.45, 2.75) is 6.92 Å². The smallest absolute Gasteiger partial charge is 0.258 e. The molecular weight excluding hydrogens is 392 g/mol. The van der Waals surface area contributed by atoms with Crippen LogP contribution in [0, 0.1) is 6.92 Å². The van der Waals surface area contributed by atoms with Crippen LogP contribution in [0.3, 0.4) is 0 Å². The van der Waals surface area contributed by atoms with Gasteiger partial charge in [-0.25, -0.2) is 9.97 Å². The molecule has 0 bridgehead atoms. The number of hydrogen-bond acceptors (Lipinski definition) is 5. The molecule has 4 aromatic rings. The van der Waals surface area contributed by atoms with Gasteiger partial charge < -0.3 is 20.5 Å². The lowest BCUT2D eigenvalue weighted by Crippen LogP contribution is -2.19. The summed E-state index contributed by atoms with van der Waals surface area (Å²) in [6, 6.07) is 13.0. The predicted molar refractivity (Wildman–Crippen MR) is 121 cm³/mol. The Morgan fingerprint density at radius 2 is 1.81 bits per heavy atom. The van der Waals surface area contributed by atoms with E-state index in [9.17, 15) is 9.59 Å². The highest BCUT2D eigenvalue weighted by Gasteiger charge is 2.18. The highest BCUT2D eigenvalue weighted by atomic mass is 16.2. The lowest BCUT2D eigenvalue weighted by atomic mass is 10.1. The van der Waals surface area contributed by atoms with Crippen molar-refractivity contribution in [3.8, 4) is 0 Å². The van der Waals surface area contributed by atoms with Gasteiger partial charge in [-0.1, -0.05) is 18.2 Å². The third-order valence-corrected chi connectivity index (χ3v) is 5.00. The molecule has 0 aliphatic rings. The average molecular weight is 414 g/mol. The van der Waals surface area contributed by atoms with Crippen LogP contribution in [-0.2, 0) is 7.05 Å². The molecule has 1 aromatic carbocycles. The molecule has 0 aliphatic heterocycles. The fraction of sp³-hybridized carbons (Fsp3) is 0.130. The number of anilines is 3. The molecule has 8 heteroatoms. The first-order valence-electron chi connectivity index (χ1n) is 9.74. The van der Waals surface area contributed by atoms with Gasteiger partial charge >= 0.3 is 0 Å². The maximum atomic E-state index is 13.2. The van der Waals surface area contributed by atoms with E-state index in [0.29, 0.717) is 28.3 Å². The molecule has 4 rings (SSSR count). The van der Waals surface area contributed by atoms with Crippen LogP contribution in [0.25, 0.3) is 11.0 Å². The van der Waals surface area contributed by atoms with Crippen LogP contribution in [0.4, 0.5) is 17.2 Å². The molecule has 0 radical (unpaired) electrons. The van der Waals surface area contributed by atoms with Crippen molar-refractivity contribution < 1.29 is 9.59 Å². The van der Waals surface area contributed by atoms with Crippen LogP contribution in [-0.4, -0.2) is 33.4 Å². The first-order valence-corrected chi connectivity index (χ1v) is 9.74. The van der Waals surface area contributed by atoms with Crippen LogP contribution < -0.4 is 16.0 Å². The van der Waals surface area contributed by atoms with Crippen LogP contribution in [0.1, 0.15) is 26.3 Å². The fourth-order valence-electron chi connectivity index (χ4n) is 3.35. The first-order chi connectivity index (χ1) is 15.0. The van der Waals surface area contributed by atoms with E-state index in [4.69, 9.17) is 0 Å². The minimum absolute atomic E-state index is 0.292. The van der Waals surface area contributed by atoms with Gasteiger partial charge in [0, 0.05) is 43.8 Å². The second-order valence-corrected chi connectivity index (χ2v) is 7.12. The van der Waals surface area contributed by atoms with E-state index in [-0.39, 0.29) is 11.8 Å². The van der Waals surface area contributed by atoms with Gasteiger partial charge in [0.1, 0.15) is 5.65 Å². The molecule has 3 aromatic heterocycles. The van der Waals surface area contributed by atoms with E-state index < -0.39 is 0 Å². The Morgan fingerprint density at radius 3 is 2.58 bits per heavy atom. The second-order valence-electron chi connectivity index (χ2n) is 7.12. The monoisotopic (exact) mass is 414 g/mol. The average Bonchev–Trinajstić information content (AvgIpc) is 3.12. The molecule has 0 unspecified atom stereocenters. The zero-order valence-corrected chi connectivity index (χ0v) is 17.4. The normalized spacial score (nSPS) is 10.7. The van der Waals surface area contributed by atoms with Crippen LogP contribution in [0.2, 0.25) is 0 Å². The molecule has 0 spiro atoms. The highest BCUT2D eigenvalue weighted by Crippen LogP contribution is 2.27. The van der Waals surface area contributed by atoms with Crippen LogP contribution in [0.5, 0.6) is 0 Å². The number of fused-ring (bicyclic) bond motifs is 1. The summed E-state index contributed by atoms with van der Waals surface area (Å²) < 4.78 is 1.80. The fourth-order valence-corrected chi connectivity index (χ4v) is 3.35. The number of amides is 2. The van der Waals surface area contributed by atoms with Crippen molar-refractivity contribution >= 4 is 40.0 Å². The Balaban J connectivity index is 1.73. The summed E-state index contributed by atoms with van der Waals surface area (Å²) in [5.74, 6) is -0.171. The number of nitrogens with zero attached hydrogens (tertiary/aromatic N) is 3. The van der Waals surface area contributed by atoms with Gasteiger partial charge in [0.25, 0.3) is 11.8 Å². The quantitative estimate of drug-likeness (QED) is 0.463. The van der Waals surface area contributed by atoms with E-state index in [1.54, 1.807) is 36.1 Å². The Hall–Kier alpha value is -4.20. The Labute approximate surface area is 179 Å². The molecule has 0 aliphatic carbocycles. The summed E-state index contributed by atoms with van der Waals surface area (Å²) in [7, 11) is 3.38. The molecule has 0 atom stereocenters. The number of nitrogens with one attached hydrogen (secondary N) is 3. The van der Waals surface area contributed by atoms with Crippen molar-refractivity contribution in [2.75, 3.05) is 17.7 Å². The third kappa shape index (κ3) is 3.95. The van der Waals surface area contributed by atoms with E-state index in [0.717, 1.165) is 16.6 Å². The molecule has 3 N–H and O–H groups in total. The number of rotatable bonds is 5. The zero-order valence-electron chi connectivity index (χ0n) is 17.4. The van der Waals surface area contributed by atoms with Crippen molar-refractivity contribution in [3.63, 3.8) is 0 Å². The topological polar surface area (TPSA) is 101 Å². The Morgan fingerprint density at radius 1 is 1.00 bits per heavy atom. The molecule has 0 saturated heterocycles. The van der Waals surface area contributed by atoms with Gasteiger partial charge in [0.15, 0.2) is 5.82 Å². The summed E-state index contributed by atoms with van der Waals surface area (Å²) in [6.07, 6.45) is 4.89. The SMILES string of the molecule is CNC(=O)c1cnc(Nc2ccccc2C)c(NC(=O)c2cn(C)c3ncccc23)c1. The maximum Gasteiger partial charge on any atom is 0.258 e. The molecule has 2 amide bonds. The maximum absolute atomic E-state index is 13.2. The Kier molecular flexibility index (Phi) is 5.36. The van der Waals surface area contributed by atoms with Gasteiger partial charge in [-0.15, -0.1) is 0 Å². The molecule has 8 nitrogen and oxygen atoms in total. The number of hydrogen-bond donors (Lipinski definition) is 3. The number of carbonyl (C=O) groups excluding carboxylic acids is 2. The van der Waals surface area contributed by atoms with Crippen molar-refractivity contribution in [1.29, 1.82) is 0 Å². The zero-order chi connectivity index (χ0) is 22.0. The Bertz CT molecular complexity index is 1290. The lowest BCUT2D eigenvalue weighted by molar-refractivity contribution is 0.0961. The molecular formula is C23H22N6O2. The third-order valence-electron chi connectivity index (χ3n) is 5.00. The number of aromatic nitrogens is 3. The molecule has 0 saturated carbocycles. The predicted octanol–water partition coefficient (Wildman–Crippen LogP) is 3.63. The lowest BCUT2D eigenvalue weighted by Gasteiger charge is -2.14. The van der Waals surface area contributed by atoms with Crippen molar-refractivity contribution in [3.05, 3.63) is 77.7 Å². The van der Waals surface area contributed by atoms with E-state index in [1.165, 1.54) is 6.20 Å². The first kappa shape index (κ1) is 20.1. The highest BCUT2D eigenvalue weighted by molar-refractivity contribution is 6.13. The van der Waals surface area contributed by atoms with Crippen molar-refractivity contribution in [2.24, 2.45) is 7.05 Å². The standard InChI is InChI=1S/C23H22N6O2/c1-14-7-4-5-9-18(14)27-20-19(11-15(12-26-20)22(30)24-2)28-23(31)17-13-29(3)21-16(17)8-6-10-25-21/h4-13H,1-3H3,(H,24,30)(H,26,27)(H,28,31). The largest absolute Gasteiger partial charge is 0.355 e. The summed E-state index contributed by atoms with van der Waals surface area (Å²) >= 11 is 0. The van der Waals surface area contributed by atoms with Crippen molar-refractivity contribution in [1.82, 2.24) is 19.9 Å². The van der Waals surface area contributed by atoms with Gasteiger partial charge in [-0.3, -0.25) is 9.59 Å². The number of pyridine rings is 2. The van der Waals surface area contributed by atoms with Gasteiger partial charge in [-0.05, 0) is 36.8 Å². The molecule has 31 heavy (non-hydrogen) atoms. The summed E-state index contributed by atoms with van der Waals surface area (Å²) in [6.45, 7) is 1.97. The number of benzene rings is 1. The number of para-hydroxylation sites is 1. The summed E-state index contributed by atoms with van der Waals surface area (Å²) in [5.41, 5.74) is 3.81. The van der Waals surface area contributed by atoms with Crippen LogP contribution >= 0.6 is 0 Å². The summed E-state index contributed by atoms with van der Waals surface area (Å²) in [4.78, 5) is 34.0. The molecule has 156 valence electrons. The van der Waals surface area contributed by atoms with Crippen LogP contribution in [0.15, 0.2) is 61.1 Å². The van der Waals surface area contributed by atoms with Gasteiger partial charge in [0.05, 0.1) is 16.8 Å². The minimum Gasteiger partial charge on any atom is -0.355 e. The van der Waals surface area contributed by atoms with E-state index in [2.05, 4.69) is 25.9 Å². The summed E-state index contributed by atoms with van der Waals surface area (Å²) in [5, 5.41) is 9.47. The number of carbonyl (C=O) groups is 2. The second kappa shape index (κ2) is 8.27. The molecule has 3 heterocycles. The van der Waals surface area contributed by atoms with E-state index >= 15 is 0 Å². The molecule has 0 fully saturated rings. The number of aryl methyl sites for hydroxylation is 2.